The highest BCUT2D eigenvalue weighted by atomic mass is 35.5. The molecule has 0 aromatic heterocycles. The van der Waals surface area contributed by atoms with Gasteiger partial charge in [0.2, 0.25) is 10.0 Å². The van der Waals surface area contributed by atoms with Crippen LogP contribution < -0.4 is 0 Å². The molecule has 0 amide bonds. The number of sulfonamides is 1. The number of benzene rings is 2. The maximum absolute atomic E-state index is 12.9. The van der Waals surface area contributed by atoms with Crippen LogP contribution in [0.1, 0.15) is 22.8 Å². The summed E-state index contributed by atoms with van der Waals surface area (Å²) in [5, 5.41) is 0.988. The molecule has 1 heterocycles. The van der Waals surface area contributed by atoms with Crippen LogP contribution >= 0.6 is 23.4 Å². The van der Waals surface area contributed by atoms with Crippen LogP contribution in [-0.2, 0) is 10.0 Å². The van der Waals surface area contributed by atoms with E-state index in [2.05, 4.69) is 0 Å². The number of halogens is 1. The molecular formula is C18H20ClNO2S2. The molecule has 0 spiro atoms. The number of aryl methyl sites for hydroxylation is 1. The average Bonchev–Trinajstić information content (AvgIpc) is 2.82. The van der Waals surface area contributed by atoms with Gasteiger partial charge in [0.25, 0.3) is 0 Å². The van der Waals surface area contributed by atoms with Crippen molar-refractivity contribution < 1.29 is 8.42 Å². The van der Waals surface area contributed by atoms with Crippen LogP contribution in [0.5, 0.6) is 0 Å². The second-order valence-corrected chi connectivity index (χ2v) is 9.54. The molecule has 3 rings (SSSR count). The smallest absolute Gasteiger partial charge is 0.207 e. The lowest BCUT2D eigenvalue weighted by Crippen LogP contribution is -2.33. The summed E-state index contributed by atoms with van der Waals surface area (Å²) < 4.78 is 27.3. The van der Waals surface area contributed by atoms with Crippen molar-refractivity contribution in [1.29, 1.82) is 0 Å². The van der Waals surface area contributed by atoms with Crippen LogP contribution in [0.25, 0.3) is 0 Å². The molecule has 1 aliphatic rings. The summed E-state index contributed by atoms with van der Waals surface area (Å²) >= 11 is 8.08. The second-order valence-electron chi connectivity index (χ2n) is 5.89. The fourth-order valence-corrected chi connectivity index (χ4v) is 6.01. The molecule has 128 valence electrons. The van der Waals surface area contributed by atoms with Gasteiger partial charge < -0.3 is 0 Å². The Labute approximate surface area is 153 Å². The molecule has 1 atom stereocenters. The zero-order valence-corrected chi connectivity index (χ0v) is 15.9. The first-order valence-electron chi connectivity index (χ1n) is 7.91. The van der Waals surface area contributed by atoms with Gasteiger partial charge in [0.15, 0.2) is 0 Å². The van der Waals surface area contributed by atoms with Crippen molar-refractivity contribution >= 4 is 33.4 Å². The monoisotopic (exact) mass is 381 g/mol. The Morgan fingerprint density at radius 2 is 1.79 bits per heavy atom. The Kier molecular flexibility index (Phi) is 5.55. The number of hydrogen-bond acceptors (Lipinski definition) is 3. The van der Waals surface area contributed by atoms with E-state index in [0.717, 1.165) is 28.3 Å². The molecule has 0 aliphatic carbocycles. The van der Waals surface area contributed by atoms with Crippen molar-refractivity contribution in [3.05, 3.63) is 64.7 Å². The summed E-state index contributed by atoms with van der Waals surface area (Å²) in [5.41, 5.74) is 2.15. The van der Waals surface area contributed by atoms with Gasteiger partial charge in [-0.1, -0.05) is 47.5 Å². The summed E-state index contributed by atoms with van der Waals surface area (Å²) in [5.74, 6) is 0.765. The van der Waals surface area contributed by atoms with E-state index < -0.39 is 10.0 Å². The molecule has 1 saturated heterocycles. The van der Waals surface area contributed by atoms with Crippen molar-refractivity contribution in [2.45, 2.75) is 23.5 Å². The second kappa shape index (κ2) is 7.48. The van der Waals surface area contributed by atoms with E-state index in [9.17, 15) is 8.42 Å². The summed E-state index contributed by atoms with van der Waals surface area (Å²) in [6.45, 7) is 2.99. The van der Waals surface area contributed by atoms with Crippen LogP contribution in [0.4, 0.5) is 0 Å². The first-order chi connectivity index (χ1) is 11.5. The molecule has 0 bridgehead atoms. The minimum absolute atomic E-state index is 0.233. The average molecular weight is 382 g/mol. The Morgan fingerprint density at radius 3 is 2.50 bits per heavy atom. The molecular weight excluding hydrogens is 362 g/mol. The molecule has 2 aromatic carbocycles. The third-order valence-electron chi connectivity index (χ3n) is 4.21. The van der Waals surface area contributed by atoms with Gasteiger partial charge in [-0.25, -0.2) is 8.42 Å². The molecule has 0 saturated carbocycles. The molecule has 2 aromatic rings. The standard InChI is InChI=1S/C18H20ClNO2S2/c1-14-6-8-15(9-7-14)24(21,22)20-11-10-18(23-13-12-20)16-4-2-3-5-17(16)19/h2-9,18H,10-13H2,1H3. The normalized spacial score (nSPS) is 19.8. The predicted molar refractivity (Wildman–Crippen MR) is 101 cm³/mol. The van der Waals surface area contributed by atoms with Gasteiger partial charge in [0.1, 0.15) is 0 Å². The Balaban J connectivity index is 1.78. The van der Waals surface area contributed by atoms with Gasteiger partial charge in [-0.15, -0.1) is 0 Å². The largest absolute Gasteiger partial charge is 0.243 e. The maximum Gasteiger partial charge on any atom is 0.243 e. The fourth-order valence-electron chi connectivity index (χ4n) is 2.83. The number of rotatable bonds is 3. The summed E-state index contributed by atoms with van der Waals surface area (Å²) in [4.78, 5) is 0.370. The lowest BCUT2D eigenvalue weighted by Gasteiger charge is -2.20. The van der Waals surface area contributed by atoms with Crippen molar-refractivity contribution in [3.8, 4) is 0 Å². The van der Waals surface area contributed by atoms with Gasteiger partial charge in [-0.05, 0) is 37.1 Å². The SMILES string of the molecule is Cc1ccc(S(=O)(=O)N2CCSC(c3ccccc3Cl)CC2)cc1. The molecule has 0 N–H and O–H groups in total. The van der Waals surface area contributed by atoms with Gasteiger partial charge in [-0.3, -0.25) is 0 Å². The van der Waals surface area contributed by atoms with Gasteiger partial charge in [-0.2, -0.15) is 16.1 Å². The Morgan fingerprint density at radius 1 is 1.08 bits per heavy atom. The van der Waals surface area contributed by atoms with E-state index in [1.165, 1.54) is 0 Å². The highest BCUT2D eigenvalue weighted by Gasteiger charge is 2.28. The van der Waals surface area contributed by atoms with Crippen LogP contribution in [0.15, 0.2) is 53.4 Å². The van der Waals surface area contributed by atoms with Crippen molar-refractivity contribution in [1.82, 2.24) is 4.31 Å². The van der Waals surface area contributed by atoms with E-state index in [0.29, 0.717) is 18.0 Å². The molecule has 1 unspecified atom stereocenters. The van der Waals surface area contributed by atoms with Gasteiger partial charge in [0.05, 0.1) is 4.90 Å². The summed E-state index contributed by atoms with van der Waals surface area (Å²) in [6.07, 6.45) is 0.763. The van der Waals surface area contributed by atoms with Crippen LogP contribution in [0, 0.1) is 6.92 Å². The predicted octanol–water partition coefficient (Wildman–Crippen LogP) is 4.52. The highest BCUT2D eigenvalue weighted by Crippen LogP contribution is 2.38. The zero-order chi connectivity index (χ0) is 17.2. The first kappa shape index (κ1) is 17.8. The van der Waals surface area contributed by atoms with Crippen LogP contribution in [0.3, 0.4) is 0 Å². The molecule has 1 fully saturated rings. The highest BCUT2D eigenvalue weighted by molar-refractivity contribution is 7.99. The van der Waals surface area contributed by atoms with E-state index in [1.54, 1.807) is 28.2 Å². The van der Waals surface area contributed by atoms with E-state index >= 15 is 0 Å². The number of hydrogen-bond donors (Lipinski definition) is 0. The van der Waals surface area contributed by atoms with E-state index in [1.807, 2.05) is 43.3 Å². The lowest BCUT2D eigenvalue weighted by atomic mass is 10.1. The fraction of sp³-hybridized carbons (Fsp3) is 0.333. The molecule has 6 heteroatoms. The number of thioether (sulfide) groups is 1. The summed E-state index contributed by atoms with van der Waals surface area (Å²) in [7, 11) is -3.43. The van der Waals surface area contributed by atoms with Crippen molar-refractivity contribution in [2.24, 2.45) is 0 Å². The molecule has 1 aliphatic heterocycles. The lowest BCUT2D eigenvalue weighted by molar-refractivity contribution is 0.428. The third kappa shape index (κ3) is 3.80. The van der Waals surface area contributed by atoms with Crippen molar-refractivity contribution in [2.75, 3.05) is 18.8 Å². The molecule has 24 heavy (non-hydrogen) atoms. The quantitative estimate of drug-likeness (QED) is 0.784. The third-order valence-corrected chi connectivity index (χ3v) is 7.78. The zero-order valence-electron chi connectivity index (χ0n) is 13.5. The molecule has 0 radical (unpaired) electrons. The van der Waals surface area contributed by atoms with Gasteiger partial charge >= 0.3 is 0 Å². The topological polar surface area (TPSA) is 37.4 Å². The Bertz CT molecular complexity index is 806. The summed E-state index contributed by atoms with van der Waals surface area (Å²) in [6, 6.07) is 14.9. The van der Waals surface area contributed by atoms with E-state index in [4.69, 9.17) is 11.6 Å². The van der Waals surface area contributed by atoms with Crippen LogP contribution in [-0.4, -0.2) is 31.6 Å². The van der Waals surface area contributed by atoms with E-state index in [-0.39, 0.29) is 5.25 Å². The maximum atomic E-state index is 12.9. The van der Waals surface area contributed by atoms with Gasteiger partial charge in [0, 0.05) is 29.1 Å². The minimum Gasteiger partial charge on any atom is -0.207 e. The minimum atomic E-state index is -3.43. The Hall–Kier alpha value is -1.01. The van der Waals surface area contributed by atoms with Crippen LogP contribution in [0.2, 0.25) is 5.02 Å². The van der Waals surface area contributed by atoms with Crippen molar-refractivity contribution in [3.63, 3.8) is 0 Å². The molecule has 3 nitrogen and oxygen atoms in total. The number of nitrogens with zero attached hydrogens (tertiary/aromatic N) is 1. The first-order valence-corrected chi connectivity index (χ1v) is 10.8.